The average Bonchev–Trinajstić information content (AvgIpc) is 2.53. The summed E-state index contributed by atoms with van der Waals surface area (Å²) in [4.78, 5) is 33.6. The molecule has 1 atom stereocenters. The van der Waals surface area contributed by atoms with Gasteiger partial charge in [0.2, 0.25) is 5.91 Å². The van der Waals surface area contributed by atoms with Crippen LogP contribution >= 0.6 is 0 Å². The Kier molecular flexibility index (Phi) is 5.55. The summed E-state index contributed by atoms with van der Waals surface area (Å²) >= 11 is 0. The lowest BCUT2D eigenvalue weighted by Gasteiger charge is -2.16. The van der Waals surface area contributed by atoms with E-state index < -0.39 is 45.8 Å². The molecule has 0 fully saturated rings. The second-order valence-corrected chi connectivity index (χ2v) is 5.30. The van der Waals surface area contributed by atoms with Crippen molar-refractivity contribution < 1.29 is 27.7 Å². The Hall–Kier alpha value is -3.43. The van der Waals surface area contributed by atoms with Crippen molar-refractivity contribution in [2.75, 3.05) is 0 Å². The van der Waals surface area contributed by atoms with Crippen molar-refractivity contribution in [1.82, 2.24) is 5.32 Å². The predicted octanol–water partition coefficient (Wildman–Crippen LogP) is 1.84. The lowest BCUT2D eigenvalue weighted by Crippen LogP contribution is -2.46. The smallest absolute Gasteiger partial charge is 0.269 e. The number of halogens is 3. The Balaban J connectivity index is 2.19. The molecular formula is C16H12F3N3O4. The molecule has 7 nitrogen and oxygen atoms in total. The molecule has 0 radical (unpaired) electrons. The fourth-order valence-corrected chi connectivity index (χ4v) is 2.20. The van der Waals surface area contributed by atoms with Gasteiger partial charge in [0, 0.05) is 30.7 Å². The van der Waals surface area contributed by atoms with Gasteiger partial charge in [-0.05, 0) is 5.56 Å². The SMILES string of the molecule is NC(=O)[C@H](Cc1ccc([N+](=O)[O-])cc1)NC(=O)c1c(F)cc(F)cc1F. The summed E-state index contributed by atoms with van der Waals surface area (Å²) in [5, 5.41) is 12.7. The number of hydrogen-bond acceptors (Lipinski definition) is 4. The molecule has 0 aliphatic rings. The zero-order valence-corrected chi connectivity index (χ0v) is 13.0. The van der Waals surface area contributed by atoms with Crippen molar-refractivity contribution >= 4 is 17.5 Å². The van der Waals surface area contributed by atoms with Crippen LogP contribution in [0.1, 0.15) is 15.9 Å². The Morgan fingerprint density at radius 2 is 1.65 bits per heavy atom. The van der Waals surface area contributed by atoms with Crippen LogP contribution in [0, 0.1) is 27.6 Å². The monoisotopic (exact) mass is 367 g/mol. The van der Waals surface area contributed by atoms with Gasteiger partial charge >= 0.3 is 0 Å². The number of nitrogens with zero attached hydrogens (tertiary/aromatic N) is 1. The molecule has 0 bridgehead atoms. The highest BCUT2D eigenvalue weighted by Crippen LogP contribution is 2.16. The molecule has 0 spiro atoms. The second-order valence-electron chi connectivity index (χ2n) is 5.30. The molecule has 2 aromatic carbocycles. The van der Waals surface area contributed by atoms with E-state index in [1.54, 1.807) is 0 Å². The van der Waals surface area contributed by atoms with Crippen LogP contribution in [0.15, 0.2) is 36.4 Å². The quantitative estimate of drug-likeness (QED) is 0.599. The molecule has 2 rings (SSSR count). The molecular weight excluding hydrogens is 355 g/mol. The molecule has 0 saturated heterocycles. The van der Waals surface area contributed by atoms with Crippen molar-refractivity contribution in [3.63, 3.8) is 0 Å². The highest BCUT2D eigenvalue weighted by molar-refractivity contribution is 5.97. The molecule has 0 saturated carbocycles. The first-order valence-corrected chi connectivity index (χ1v) is 7.17. The fraction of sp³-hybridized carbons (Fsp3) is 0.125. The Morgan fingerprint density at radius 3 is 2.12 bits per heavy atom. The van der Waals surface area contributed by atoms with E-state index in [4.69, 9.17) is 5.73 Å². The molecule has 0 heterocycles. The van der Waals surface area contributed by atoms with Crippen LogP contribution in [-0.2, 0) is 11.2 Å². The Bertz CT molecular complexity index is 849. The van der Waals surface area contributed by atoms with Gasteiger partial charge in [-0.3, -0.25) is 19.7 Å². The van der Waals surface area contributed by atoms with Gasteiger partial charge in [-0.1, -0.05) is 12.1 Å². The van der Waals surface area contributed by atoms with Crippen molar-refractivity contribution in [3.8, 4) is 0 Å². The summed E-state index contributed by atoms with van der Waals surface area (Å²) in [5.74, 6) is -6.34. The number of nitro groups is 1. The number of non-ortho nitro benzene ring substituents is 1. The molecule has 0 aromatic heterocycles. The zero-order chi connectivity index (χ0) is 19.4. The molecule has 136 valence electrons. The maximum absolute atomic E-state index is 13.6. The van der Waals surface area contributed by atoms with Crippen LogP contribution in [0.4, 0.5) is 18.9 Å². The average molecular weight is 367 g/mol. The number of benzene rings is 2. The highest BCUT2D eigenvalue weighted by Gasteiger charge is 2.24. The summed E-state index contributed by atoms with van der Waals surface area (Å²) in [6.45, 7) is 0. The molecule has 0 unspecified atom stereocenters. The summed E-state index contributed by atoms with van der Waals surface area (Å²) in [6.07, 6.45) is -0.163. The van der Waals surface area contributed by atoms with Crippen molar-refractivity contribution in [1.29, 1.82) is 0 Å². The summed E-state index contributed by atoms with van der Waals surface area (Å²) in [7, 11) is 0. The van der Waals surface area contributed by atoms with Gasteiger partial charge in [-0.15, -0.1) is 0 Å². The number of carbonyl (C=O) groups excluding carboxylic acids is 2. The summed E-state index contributed by atoms with van der Waals surface area (Å²) < 4.78 is 40.2. The maximum Gasteiger partial charge on any atom is 0.269 e. The Morgan fingerprint density at radius 1 is 1.12 bits per heavy atom. The van der Waals surface area contributed by atoms with Gasteiger partial charge < -0.3 is 11.1 Å². The minimum absolute atomic E-state index is 0.163. The first-order chi connectivity index (χ1) is 12.2. The van der Waals surface area contributed by atoms with Crippen LogP contribution in [0.2, 0.25) is 0 Å². The third-order valence-corrected chi connectivity index (χ3v) is 3.47. The van der Waals surface area contributed by atoms with Crippen molar-refractivity contribution in [2.45, 2.75) is 12.5 Å². The van der Waals surface area contributed by atoms with Crippen LogP contribution in [0.5, 0.6) is 0 Å². The van der Waals surface area contributed by atoms with E-state index in [0.29, 0.717) is 17.7 Å². The van der Waals surface area contributed by atoms with E-state index in [1.807, 2.05) is 0 Å². The fourth-order valence-electron chi connectivity index (χ4n) is 2.20. The van der Waals surface area contributed by atoms with Gasteiger partial charge in [0.25, 0.3) is 11.6 Å². The summed E-state index contributed by atoms with van der Waals surface area (Å²) in [5.41, 5.74) is 4.37. The van der Waals surface area contributed by atoms with Crippen LogP contribution in [0.25, 0.3) is 0 Å². The lowest BCUT2D eigenvalue weighted by atomic mass is 10.0. The van der Waals surface area contributed by atoms with E-state index in [1.165, 1.54) is 24.3 Å². The van der Waals surface area contributed by atoms with E-state index >= 15 is 0 Å². The molecule has 2 amide bonds. The second kappa shape index (κ2) is 7.64. The first-order valence-electron chi connectivity index (χ1n) is 7.17. The number of primary amides is 1. The molecule has 10 heteroatoms. The molecule has 2 aromatic rings. The van der Waals surface area contributed by atoms with Gasteiger partial charge in [-0.2, -0.15) is 0 Å². The van der Waals surface area contributed by atoms with E-state index in [0.717, 1.165) is 0 Å². The van der Waals surface area contributed by atoms with Crippen LogP contribution in [0.3, 0.4) is 0 Å². The first kappa shape index (κ1) is 18.9. The minimum atomic E-state index is -1.43. The topological polar surface area (TPSA) is 115 Å². The molecule has 3 N–H and O–H groups in total. The molecule has 0 aliphatic heterocycles. The molecule has 0 aliphatic carbocycles. The number of carbonyl (C=O) groups is 2. The third kappa shape index (κ3) is 4.35. The number of nitrogens with one attached hydrogen (secondary N) is 1. The van der Waals surface area contributed by atoms with E-state index in [9.17, 15) is 32.9 Å². The van der Waals surface area contributed by atoms with Crippen LogP contribution < -0.4 is 11.1 Å². The van der Waals surface area contributed by atoms with Crippen molar-refractivity contribution in [3.05, 3.63) is 75.1 Å². The number of nitrogens with two attached hydrogens (primary N) is 1. The van der Waals surface area contributed by atoms with Crippen molar-refractivity contribution in [2.24, 2.45) is 5.73 Å². The number of nitro benzene ring substituents is 1. The highest BCUT2D eigenvalue weighted by atomic mass is 19.1. The normalized spacial score (nSPS) is 11.7. The van der Waals surface area contributed by atoms with E-state index in [-0.39, 0.29) is 12.1 Å². The number of rotatable bonds is 6. The van der Waals surface area contributed by atoms with E-state index in [2.05, 4.69) is 5.32 Å². The van der Waals surface area contributed by atoms with Gasteiger partial charge in [0.1, 0.15) is 29.1 Å². The Labute approximate surface area is 144 Å². The minimum Gasteiger partial charge on any atom is -0.368 e. The zero-order valence-electron chi connectivity index (χ0n) is 13.0. The van der Waals surface area contributed by atoms with Crippen LogP contribution in [-0.4, -0.2) is 22.8 Å². The standard InChI is InChI=1S/C16H12F3N3O4/c17-9-6-11(18)14(12(19)7-9)16(24)21-13(15(20)23)5-8-1-3-10(4-2-8)22(25)26/h1-4,6-7,13H,5H2,(H2,20,23)(H,21,24)/t13-/m0/s1. The van der Waals surface area contributed by atoms with Gasteiger partial charge in [0.05, 0.1) is 4.92 Å². The van der Waals surface area contributed by atoms with Gasteiger partial charge in [0.15, 0.2) is 0 Å². The number of hydrogen-bond donors (Lipinski definition) is 2. The maximum atomic E-state index is 13.6. The predicted molar refractivity (Wildman–Crippen MR) is 83.6 cm³/mol. The van der Waals surface area contributed by atoms with Gasteiger partial charge in [-0.25, -0.2) is 13.2 Å². The summed E-state index contributed by atoms with van der Waals surface area (Å²) in [6, 6.07) is 4.39. The lowest BCUT2D eigenvalue weighted by molar-refractivity contribution is -0.384. The largest absolute Gasteiger partial charge is 0.368 e. The third-order valence-electron chi connectivity index (χ3n) is 3.47. The number of amides is 2. The molecule has 26 heavy (non-hydrogen) atoms.